The fourth-order valence-corrected chi connectivity index (χ4v) is 3.42. The Morgan fingerprint density at radius 3 is 2.70 bits per heavy atom. The molecule has 0 unspecified atom stereocenters. The number of anilines is 1. The summed E-state index contributed by atoms with van der Waals surface area (Å²) in [5.74, 6) is 0. The first-order valence-corrected chi connectivity index (χ1v) is 8.71. The second kappa shape index (κ2) is 5.66. The van der Waals surface area contributed by atoms with Gasteiger partial charge >= 0.3 is 0 Å². The Balaban J connectivity index is 2.00. The topological polar surface area (TPSA) is 68.1 Å². The van der Waals surface area contributed by atoms with Crippen LogP contribution in [0.15, 0.2) is 53.8 Å². The molecule has 1 aromatic carbocycles. The Bertz CT molecular complexity index is 947. The molecule has 7 heteroatoms. The molecule has 2 heterocycles. The zero-order chi connectivity index (χ0) is 16.6. The first-order chi connectivity index (χ1) is 10.9. The van der Waals surface area contributed by atoms with E-state index in [2.05, 4.69) is 10.1 Å². The number of hydrogen-bond acceptors (Lipinski definition) is 4. The lowest BCUT2D eigenvalue weighted by molar-refractivity contribution is 0.531. The van der Waals surface area contributed by atoms with Crippen LogP contribution in [-0.2, 0) is 10.0 Å². The van der Waals surface area contributed by atoms with Gasteiger partial charge in [-0.2, -0.15) is 5.10 Å². The van der Waals surface area contributed by atoms with E-state index >= 15 is 0 Å². The number of aromatic nitrogens is 3. The second-order valence-corrected chi connectivity index (χ2v) is 7.57. The lowest BCUT2D eigenvalue weighted by Crippen LogP contribution is -2.26. The third kappa shape index (κ3) is 2.79. The van der Waals surface area contributed by atoms with Gasteiger partial charge in [-0.05, 0) is 38.1 Å². The molecule has 0 radical (unpaired) electrons. The van der Waals surface area contributed by atoms with Crippen molar-refractivity contribution in [2.24, 2.45) is 0 Å². The van der Waals surface area contributed by atoms with Gasteiger partial charge in [-0.3, -0.25) is 14.0 Å². The molecule has 0 N–H and O–H groups in total. The number of fused-ring (bicyclic) bond motifs is 1. The number of sulfonamides is 1. The third-order valence-electron chi connectivity index (χ3n) is 3.72. The largest absolute Gasteiger partial charge is 0.269 e. The lowest BCUT2D eigenvalue weighted by Gasteiger charge is -2.18. The molecule has 0 saturated heterocycles. The summed E-state index contributed by atoms with van der Waals surface area (Å²) in [4.78, 5) is 4.42. The zero-order valence-electron chi connectivity index (χ0n) is 13.2. The number of pyridine rings is 1. The Morgan fingerprint density at radius 1 is 1.22 bits per heavy atom. The van der Waals surface area contributed by atoms with Gasteiger partial charge in [0, 0.05) is 30.9 Å². The number of hydrogen-bond donors (Lipinski definition) is 0. The Kier molecular flexibility index (Phi) is 3.81. The first kappa shape index (κ1) is 15.5. The van der Waals surface area contributed by atoms with Crippen LogP contribution in [-0.4, -0.2) is 30.2 Å². The Hall–Kier alpha value is -2.41. The van der Waals surface area contributed by atoms with Gasteiger partial charge in [-0.25, -0.2) is 8.42 Å². The first-order valence-electron chi connectivity index (χ1n) is 7.27. The summed E-state index contributed by atoms with van der Waals surface area (Å²) >= 11 is 0. The molecular weight excluding hydrogens is 312 g/mol. The van der Waals surface area contributed by atoms with Crippen molar-refractivity contribution in [1.82, 2.24) is 14.8 Å². The van der Waals surface area contributed by atoms with E-state index in [0.717, 1.165) is 10.9 Å². The molecule has 0 aliphatic heterocycles. The minimum atomic E-state index is -3.64. The molecule has 0 amide bonds. The molecule has 0 aliphatic rings. The summed E-state index contributed by atoms with van der Waals surface area (Å²) < 4.78 is 28.4. The van der Waals surface area contributed by atoms with Gasteiger partial charge in [0.15, 0.2) is 0 Å². The van der Waals surface area contributed by atoms with Crippen LogP contribution in [0.4, 0.5) is 5.69 Å². The second-order valence-electron chi connectivity index (χ2n) is 5.60. The summed E-state index contributed by atoms with van der Waals surface area (Å²) in [5.41, 5.74) is 1.41. The summed E-state index contributed by atoms with van der Waals surface area (Å²) in [6.07, 6.45) is 4.65. The highest BCUT2D eigenvalue weighted by molar-refractivity contribution is 7.92. The molecule has 0 saturated carbocycles. The van der Waals surface area contributed by atoms with Crippen LogP contribution in [0.25, 0.3) is 10.9 Å². The van der Waals surface area contributed by atoms with Gasteiger partial charge in [-0.1, -0.05) is 6.07 Å². The van der Waals surface area contributed by atoms with Crippen molar-refractivity contribution in [1.29, 1.82) is 0 Å². The van der Waals surface area contributed by atoms with Gasteiger partial charge < -0.3 is 0 Å². The van der Waals surface area contributed by atoms with Crippen molar-refractivity contribution < 1.29 is 8.42 Å². The lowest BCUT2D eigenvalue weighted by atomic mass is 10.2. The van der Waals surface area contributed by atoms with E-state index in [4.69, 9.17) is 0 Å². The van der Waals surface area contributed by atoms with E-state index in [1.807, 2.05) is 38.1 Å². The SMILES string of the molecule is CC(C)n1cc(S(=O)(=O)N(C)c2ccc3ncccc3c2)cn1. The van der Waals surface area contributed by atoms with Gasteiger partial charge in [-0.15, -0.1) is 0 Å². The summed E-state index contributed by atoms with van der Waals surface area (Å²) in [6, 6.07) is 9.22. The maximum absolute atomic E-state index is 12.8. The molecule has 0 spiro atoms. The summed E-state index contributed by atoms with van der Waals surface area (Å²) in [5, 5.41) is 5.00. The molecule has 0 atom stereocenters. The molecule has 3 rings (SSSR count). The van der Waals surface area contributed by atoms with E-state index in [1.165, 1.54) is 10.5 Å². The predicted octanol–water partition coefficient (Wildman–Crippen LogP) is 2.84. The van der Waals surface area contributed by atoms with Crippen molar-refractivity contribution in [3.8, 4) is 0 Å². The average molecular weight is 330 g/mol. The molecule has 0 bridgehead atoms. The summed E-state index contributed by atoms with van der Waals surface area (Å²) in [6.45, 7) is 3.90. The molecule has 0 fully saturated rings. The van der Waals surface area contributed by atoms with Gasteiger partial charge in [0.1, 0.15) is 4.90 Å². The molecule has 3 aromatic rings. The maximum atomic E-state index is 12.8. The van der Waals surface area contributed by atoms with Crippen molar-refractivity contribution in [3.63, 3.8) is 0 Å². The van der Waals surface area contributed by atoms with Crippen LogP contribution in [0.1, 0.15) is 19.9 Å². The number of benzene rings is 1. The van der Waals surface area contributed by atoms with Gasteiger partial charge in [0.05, 0.1) is 17.4 Å². The van der Waals surface area contributed by atoms with E-state index in [9.17, 15) is 8.42 Å². The normalized spacial score (nSPS) is 12.0. The fourth-order valence-electron chi connectivity index (χ4n) is 2.29. The van der Waals surface area contributed by atoms with Crippen LogP contribution in [0, 0.1) is 0 Å². The van der Waals surface area contributed by atoms with E-state index in [1.54, 1.807) is 30.2 Å². The van der Waals surface area contributed by atoms with Crippen LogP contribution in [0.5, 0.6) is 0 Å². The molecule has 23 heavy (non-hydrogen) atoms. The minimum absolute atomic E-state index is 0.107. The van der Waals surface area contributed by atoms with E-state index in [-0.39, 0.29) is 10.9 Å². The van der Waals surface area contributed by atoms with Crippen LogP contribution in [0.2, 0.25) is 0 Å². The standard InChI is InChI=1S/C16H18N4O2S/c1-12(2)20-11-15(10-18-20)23(21,22)19(3)14-6-7-16-13(9-14)5-4-8-17-16/h4-12H,1-3H3. The van der Waals surface area contributed by atoms with Crippen molar-refractivity contribution in [2.45, 2.75) is 24.8 Å². The average Bonchev–Trinajstić information content (AvgIpc) is 3.04. The Morgan fingerprint density at radius 2 is 2.00 bits per heavy atom. The van der Waals surface area contributed by atoms with Gasteiger partial charge in [0.25, 0.3) is 10.0 Å². The minimum Gasteiger partial charge on any atom is -0.269 e. The van der Waals surface area contributed by atoms with Crippen LogP contribution < -0.4 is 4.31 Å². The van der Waals surface area contributed by atoms with E-state index < -0.39 is 10.0 Å². The van der Waals surface area contributed by atoms with E-state index in [0.29, 0.717) is 5.69 Å². The number of rotatable bonds is 4. The van der Waals surface area contributed by atoms with Crippen molar-refractivity contribution in [3.05, 3.63) is 48.9 Å². The monoisotopic (exact) mass is 330 g/mol. The van der Waals surface area contributed by atoms with Crippen molar-refractivity contribution >= 4 is 26.6 Å². The molecule has 2 aromatic heterocycles. The van der Waals surface area contributed by atoms with Crippen LogP contribution in [0.3, 0.4) is 0 Å². The fraction of sp³-hybridized carbons (Fsp3) is 0.250. The smallest absolute Gasteiger partial charge is 0.267 e. The highest BCUT2D eigenvalue weighted by Gasteiger charge is 2.23. The highest BCUT2D eigenvalue weighted by atomic mass is 32.2. The molecule has 0 aliphatic carbocycles. The van der Waals surface area contributed by atoms with Gasteiger partial charge in [0.2, 0.25) is 0 Å². The summed E-state index contributed by atoms with van der Waals surface area (Å²) in [7, 11) is -2.10. The number of nitrogens with zero attached hydrogens (tertiary/aromatic N) is 4. The van der Waals surface area contributed by atoms with Crippen molar-refractivity contribution in [2.75, 3.05) is 11.4 Å². The zero-order valence-corrected chi connectivity index (χ0v) is 14.0. The molecule has 6 nitrogen and oxygen atoms in total. The molecule has 120 valence electrons. The maximum Gasteiger partial charge on any atom is 0.267 e. The molecular formula is C16H18N4O2S. The Labute approximate surface area is 135 Å². The van der Waals surface area contributed by atoms with Crippen LogP contribution >= 0.6 is 0 Å². The highest BCUT2D eigenvalue weighted by Crippen LogP contribution is 2.25. The quantitative estimate of drug-likeness (QED) is 0.738. The predicted molar refractivity (Wildman–Crippen MR) is 89.9 cm³/mol. The third-order valence-corrected chi connectivity index (χ3v) is 5.45.